The molecule has 26 heavy (non-hydrogen) atoms. The lowest BCUT2D eigenvalue weighted by molar-refractivity contribution is -0.122. The first-order valence-corrected chi connectivity index (χ1v) is 10.2. The van der Waals surface area contributed by atoms with Crippen LogP contribution in [0.5, 0.6) is 0 Å². The predicted molar refractivity (Wildman–Crippen MR) is 115 cm³/mol. The van der Waals surface area contributed by atoms with Gasteiger partial charge in [0.25, 0.3) is 0 Å². The second-order valence-electron chi connectivity index (χ2n) is 6.46. The number of benzene rings is 1. The van der Waals surface area contributed by atoms with Crippen LogP contribution in [-0.2, 0) is 9.59 Å². The number of hydrogen-bond acceptors (Lipinski definition) is 4. The maximum atomic E-state index is 12.9. The summed E-state index contributed by atoms with van der Waals surface area (Å²) in [5.41, 5.74) is 2.56. The van der Waals surface area contributed by atoms with Gasteiger partial charge in [-0.25, -0.2) is 0 Å². The van der Waals surface area contributed by atoms with Gasteiger partial charge in [0.2, 0.25) is 11.8 Å². The zero-order valence-electron chi connectivity index (χ0n) is 15.8. The Morgan fingerprint density at radius 3 is 2.27 bits per heavy atom. The first-order chi connectivity index (χ1) is 12.4. The number of carbonyl (C=O) groups excluding carboxylic acids is 2. The second kappa shape index (κ2) is 9.39. The van der Waals surface area contributed by atoms with Crippen LogP contribution in [0.4, 0.5) is 5.69 Å². The van der Waals surface area contributed by atoms with E-state index in [4.69, 9.17) is 0 Å². The molecule has 140 valence electrons. The number of anilines is 1. The van der Waals surface area contributed by atoms with Gasteiger partial charge in [-0.2, -0.15) is 10.2 Å². The molecule has 1 aromatic carbocycles. The van der Waals surface area contributed by atoms with Gasteiger partial charge in [0.15, 0.2) is 0 Å². The van der Waals surface area contributed by atoms with Gasteiger partial charge < -0.3 is 0 Å². The molecule has 5 nitrogen and oxygen atoms in total. The van der Waals surface area contributed by atoms with E-state index < -0.39 is 0 Å². The Labute approximate surface area is 169 Å². The lowest BCUT2D eigenvalue weighted by atomic mass is 9.87. The lowest BCUT2D eigenvalue weighted by Gasteiger charge is -2.19. The zero-order chi connectivity index (χ0) is 19.3. The average Bonchev–Trinajstić information content (AvgIpc) is 2.94. The van der Waals surface area contributed by atoms with E-state index in [1.54, 1.807) is 0 Å². The Hall–Kier alpha value is -1.57. The summed E-state index contributed by atoms with van der Waals surface area (Å²) in [6, 6.07) is 7.44. The fourth-order valence-corrected chi connectivity index (χ4v) is 3.51. The van der Waals surface area contributed by atoms with Crippen molar-refractivity contribution in [3.63, 3.8) is 0 Å². The molecule has 1 aliphatic rings. The Bertz CT molecular complexity index is 719. The van der Waals surface area contributed by atoms with Crippen LogP contribution in [0.2, 0.25) is 0 Å². The minimum atomic E-state index is -0.373. The van der Waals surface area contributed by atoms with E-state index in [0.29, 0.717) is 12.1 Å². The standard InChI is InChI=1S/C20H26IN3O2/c1-5-15(6-2)22-23-18(7-3)13(4)17-12-19(25)24(20(17)26)16-10-8-14(21)9-11-16/h8-11,13,17H,5-7,12H2,1-4H3/b23-18+. The van der Waals surface area contributed by atoms with E-state index in [0.717, 1.165) is 27.8 Å². The molecule has 0 radical (unpaired) electrons. The largest absolute Gasteiger partial charge is 0.274 e. The van der Waals surface area contributed by atoms with E-state index >= 15 is 0 Å². The van der Waals surface area contributed by atoms with Gasteiger partial charge in [-0.1, -0.05) is 27.7 Å². The van der Waals surface area contributed by atoms with Crippen LogP contribution in [0, 0.1) is 15.4 Å². The van der Waals surface area contributed by atoms with Crippen molar-refractivity contribution in [3.05, 3.63) is 27.8 Å². The van der Waals surface area contributed by atoms with Crippen molar-refractivity contribution in [2.24, 2.45) is 22.0 Å². The highest BCUT2D eigenvalue weighted by molar-refractivity contribution is 14.1. The number of halogens is 1. The van der Waals surface area contributed by atoms with E-state index in [2.05, 4.69) is 46.6 Å². The Kier molecular flexibility index (Phi) is 7.49. The summed E-state index contributed by atoms with van der Waals surface area (Å²) in [5, 5.41) is 8.77. The van der Waals surface area contributed by atoms with Gasteiger partial charge in [0.1, 0.15) is 0 Å². The van der Waals surface area contributed by atoms with Crippen molar-refractivity contribution in [1.29, 1.82) is 0 Å². The third kappa shape index (κ3) is 4.58. The summed E-state index contributed by atoms with van der Waals surface area (Å²) in [6.45, 7) is 8.11. The highest BCUT2D eigenvalue weighted by Gasteiger charge is 2.43. The molecule has 1 aliphatic heterocycles. The molecule has 0 saturated carbocycles. The second-order valence-corrected chi connectivity index (χ2v) is 7.71. The van der Waals surface area contributed by atoms with E-state index in [1.807, 2.05) is 38.1 Å². The summed E-state index contributed by atoms with van der Waals surface area (Å²) in [5.74, 6) is -0.763. The normalized spacial score (nSPS) is 19.0. The molecule has 6 heteroatoms. The van der Waals surface area contributed by atoms with E-state index in [9.17, 15) is 9.59 Å². The van der Waals surface area contributed by atoms with Crippen LogP contribution in [0.25, 0.3) is 0 Å². The molecule has 0 N–H and O–H groups in total. The molecule has 2 atom stereocenters. The minimum absolute atomic E-state index is 0.107. The average molecular weight is 467 g/mol. The molecule has 1 aromatic rings. The number of imide groups is 1. The molecular formula is C20H26IN3O2. The molecule has 2 rings (SSSR count). The molecule has 0 aromatic heterocycles. The van der Waals surface area contributed by atoms with Crippen LogP contribution in [0.3, 0.4) is 0 Å². The van der Waals surface area contributed by atoms with Crippen LogP contribution in [-0.4, -0.2) is 23.2 Å². The highest BCUT2D eigenvalue weighted by atomic mass is 127. The highest BCUT2D eigenvalue weighted by Crippen LogP contribution is 2.32. The smallest absolute Gasteiger partial charge is 0.238 e. The van der Waals surface area contributed by atoms with Crippen molar-refractivity contribution in [2.45, 2.75) is 53.4 Å². The van der Waals surface area contributed by atoms with Crippen molar-refractivity contribution in [2.75, 3.05) is 4.90 Å². The first-order valence-electron chi connectivity index (χ1n) is 9.17. The maximum absolute atomic E-state index is 12.9. The summed E-state index contributed by atoms with van der Waals surface area (Å²) >= 11 is 2.20. The number of nitrogens with zero attached hydrogens (tertiary/aromatic N) is 3. The molecule has 0 spiro atoms. The van der Waals surface area contributed by atoms with Gasteiger partial charge in [0, 0.05) is 27.3 Å². The summed E-state index contributed by atoms with van der Waals surface area (Å²) in [7, 11) is 0. The fraction of sp³-hybridized carbons (Fsp3) is 0.500. The molecule has 1 heterocycles. The number of hydrogen-bond donors (Lipinski definition) is 0. The Morgan fingerprint density at radius 1 is 1.12 bits per heavy atom. The SMILES string of the molecule is CCC(CC)=N/N=C(\CC)C(C)C1CC(=O)N(c2ccc(I)cc2)C1=O. The Morgan fingerprint density at radius 2 is 1.73 bits per heavy atom. The van der Waals surface area contributed by atoms with Crippen molar-refractivity contribution in [3.8, 4) is 0 Å². The zero-order valence-corrected chi connectivity index (χ0v) is 18.0. The summed E-state index contributed by atoms with van der Waals surface area (Å²) < 4.78 is 1.07. The molecule has 1 fully saturated rings. The van der Waals surface area contributed by atoms with Crippen molar-refractivity contribution in [1.82, 2.24) is 0 Å². The van der Waals surface area contributed by atoms with Gasteiger partial charge in [-0.15, -0.1) is 0 Å². The summed E-state index contributed by atoms with van der Waals surface area (Å²) in [4.78, 5) is 26.7. The topological polar surface area (TPSA) is 62.1 Å². The van der Waals surface area contributed by atoms with Crippen LogP contribution >= 0.6 is 22.6 Å². The molecule has 2 amide bonds. The Balaban J connectivity index is 2.24. The molecule has 2 unspecified atom stereocenters. The van der Waals surface area contributed by atoms with E-state index in [-0.39, 0.29) is 30.1 Å². The van der Waals surface area contributed by atoms with E-state index in [1.165, 1.54) is 4.90 Å². The molecule has 0 bridgehead atoms. The van der Waals surface area contributed by atoms with Gasteiger partial charge in [-0.05, 0) is 66.1 Å². The van der Waals surface area contributed by atoms with Crippen LogP contribution in [0.15, 0.2) is 34.5 Å². The van der Waals surface area contributed by atoms with Gasteiger partial charge in [-0.3, -0.25) is 14.5 Å². The van der Waals surface area contributed by atoms with Crippen molar-refractivity contribution < 1.29 is 9.59 Å². The lowest BCUT2D eigenvalue weighted by Crippen LogP contribution is -2.33. The third-order valence-corrected chi connectivity index (χ3v) is 5.61. The quantitative estimate of drug-likeness (QED) is 0.250. The molecule has 1 saturated heterocycles. The molecular weight excluding hydrogens is 441 g/mol. The monoisotopic (exact) mass is 467 g/mol. The van der Waals surface area contributed by atoms with Crippen LogP contribution < -0.4 is 4.90 Å². The number of rotatable bonds is 7. The van der Waals surface area contributed by atoms with Gasteiger partial charge >= 0.3 is 0 Å². The fourth-order valence-electron chi connectivity index (χ4n) is 3.15. The van der Waals surface area contributed by atoms with Gasteiger partial charge in [0.05, 0.1) is 11.6 Å². The predicted octanol–water partition coefficient (Wildman–Crippen LogP) is 4.83. The number of amides is 2. The molecule has 0 aliphatic carbocycles. The first kappa shape index (κ1) is 20.7. The van der Waals surface area contributed by atoms with Crippen LogP contribution in [0.1, 0.15) is 53.4 Å². The summed E-state index contributed by atoms with van der Waals surface area (Å²) in [6.07, 6.45) is 2.68. The van der Waals surface area contributed by atoms with Crippen molar-refractivity contribution >= 4 is 51.5 Å². The maximum Gasteiger partial charge on any atom is 0.238 e. The third-order valence-electron chi connectivity index (χ3n) is 4.89. The number of carbonyl (C=O) groups is 2. The minimum Gasteiger partial charge on any atom is -0.274 e.